The van der Waals surface area contributed by atoms with Crippen molar-refractivity contribution in [2.75, 3.05) is 13.7 Å². The smallest absolute Gasteiger partial charge is 0.337 e. The minimum atomic E-state index is -0.563. The molecule has 1 aromatic carbocycles. The van der Waals surface area contributed by atoms with Crippen molar-refractivity contribution in [3.05, 3.63) is 46.1 Å². The first kappa shape index (κ1) is 16.4. The number of carbonyl (C=O) groups is 2. The summed E-state index contributed by atoms with van der Waals surface area (Å²) < 4.78 is 4.90. The van der Waals surface area contributed by atoms with E-state index in [-0.39, 0.29) is 6.03 Å². The van der Waals surface area contributed by atoms with Gasteiger partial charge in [-0.1, -0.05) is 30.7 Å². The molecule has 22 heavy (non-hydrogen) atoms. The number of allylic oxidation sites excluding steroid dienone is 1. The molecule has 1 aliphatic rings. The Kier molecular flexibility index (Phi) is 5.08. The molecule has 1 atom stereocenters. The lowest BCUT2D eigenvalue weighted by Gasteiger charge is -2.35. The first-order chi connectivity index (χ1) is 10.5. The van der Waals surface area contributed by atoms with Crippen LogP contribution in [-0.4, -0.2) is 30.6 Å². The van der Waals surface area contributed by atoms with Crippen molar-refractivity contribution in [3.63, 3.8) is 0 Å². The van der Waals surface area contributed by atoms with E-state index < -0.39 is 12.0 Å². The number of benzene rings is 1. The van der Waals surface area contributed by atoms with E-state index >= 15 is 0 Å². The Balaban J connectivity index is 2.53. The summed E-state index contributed by atoms with van der Waals surface area (Å²) >= 11 is 6.02. The van der Waals surface area contributed by atoms with Crippen molar-refractivity contribution < 1.29 is 14.3 Å². The quantitative estimate of drug-likeness (QED) is 0.866. The summed E-state index contributed by atoms with van der Waals surface area (Å²) in [6, 6.07) is 6.30. The molecular formula is C16H19ClN2O3. The van der Waals surface area contributed by atoms with Crippen molar-refractivity contribution in [2.24, 2.45) is 0 Å². The van der Waals surface area contributed by atoms with Crippen LogP contribution in [0.5, 0.6) is 0 Å². The average molecular weight is 323 g/mol. The number of urea groups is 1. The largest absolute Gasteiger partial charge is 0.466 e. The summed E-state index contributed by atoms with van der Waals surface area (Å²) in [5.41, 5.74) is 1.79. The van der Waals surface area contributed by atoms with Crippen LogP contribution in [0.15, 0.2) is 35.5 Å². The molecule has 0 spiro atoms. The van der Waals surface area contributed by atoms with Crippen LogP contribution in [0.3, 0.4) is 0 Å². The predicted molar refractivity (Wildman–Crippen MR) is 84.4 cm³/mol. The molecule has 0 aromatic heterocycles. The second-order valence-corrected chi connectivity index (χ2v) is 5.52. The second kappa shape index (κ2) is 6.83. The minimum Gasteiger partial charge on any atom is -0.466 e. The van der Waals surface area contributed by atoms with Crippen LogP contribution in [0.2, 0.25) is 5.02 Å². The molecule has 6 heteroatoms. The number of hydrogen-bond acceptors (Lipinski definition) is 3. The number of hydrogen-bond donors (Lipinski definition) is 1. The zero-order chi connectivity index (χ0) is 16.3. The zero-order valence-electron chi connectivity index (χ0n) is 12.9. The highest BCUT2D eigenvalue weighted by Gasteiger charge is 2.35. The van der Waals surface area contributed by atoms with Crippen molar-refractivity contribution >= 4 is 23.6 Å². The Labute approximate surface area is 134 Å². The Morgan fingerprint density at radius 1 is 1.45 bits per heavy atom. The summed E-state index contributed by atoms with van der Waals surface area (Å²) in [4.78, 5) is 26.1. The van der Waals surface area contributed by atoms with Gasteiger partial charge in [0, 0.05) is 17.3 Å². The fourth-order valence-corrected chi connectivity index (χ4v) is 2.78. The SMILES string of the molecule is CCCN1C(=O)N[C@@H](c2cccc(Cl)c2)C(C(=O)OC)=C1C. The van der Waals surface area contributed by atoms with Gasteiger partial charge in [-0.25, -0.2) is 9.59 Å². The third-order valence-electron chi connectivity index (χ3n) is 3.63. The van der Waals surface area contributed by atoms with Crippen molar-refractivity contribution in [1.82, 2.24) is 10.2 Å². The van der Waals surface area contributed by atoms with Crippen molar-refractivity contribution in [3.8, 4) is 0 Å². The maximum atomic E-state index is 12.3. The standard InChI is InChI=1S/C16H19ClN2O3/c1-4-8-19-10(2)13(15(20)22-3)14(18-16(19)21)11-6-5-7-12(17)9-11/h5-7,9,14H,4,8H2,1-3H3,(H,18,21)/t14-/m0/s1. The van der Waals surface area contributed by atoms with E-state index in [0.29, 0.717) is 22.8 Å². The number of carbonyl (C=O) groups excluding carboxylic acids is 2. The number of ether oxygens (including phenoxy) is 1. The van der Waals surface area contributed by atoms with Crippen LogP contribution in [-0.2, 0) is 9.53 Å². The van der Waals surface area contributed by atoms with E-state index in [1.807, 2.05) is 13.0 Å². The van der Waals surface area contributed by atoms with Crippen molar-refractivity contribution in [1.29, 1.82) is 0 Å². The lowest BCUT2D eigenvalue weighted by atomic mass is 9.95. The molecule has 0 saturated carbocycles. The molecule has 0 unspecified atom stereocenters. The van der Waals surface area contributed by atoms with Gasteiger partial charge in [0.2, 0.25) is 0 Å². The number of halogens is 1. The van der Waals surface area contributed by atoms with Gasteiger partial charge in [-0.3, -0.25) is 4.90 Å². The summed E-state index contributed by atoms with van der Waals surface area (Å²) in [6.07, 6.45) is 0.793. The van der Waals surface area contributed by atoms with Gasteiger partial charge in [-0.15, -0.1) is 0 Å². The van der Waals surface area contributed by atoms with Gasteiger partial charge in [0.1, 0.15) is 0 Å². The predicted octanol–water partition coefficient (Wildman–Crippen LogP) is 3.26. The first-order valence-electron chi connectivity index (χ1n) is 7.12. The van der Waals surface area contributed by atoms with Gasteiger partial charge < -0.3 is 10.1 Å². The minimum absolute atomic E-state index is 0.225. The van der Waals surface area contributed by atoms with E-state index in [1.165, 1.54) is 7.11 Å². The van der Waals surface area contributed by atoms with Gasteiger partial charge in [0.25, 0.3) is 0 Å². The lowest BCUT2D eigenvalue weighted by molar-refractivity contribution is -0.136. The van der Waals surface area contributed by atoms with Crippen LogP contribution >= 0.6 is 11.6 Å². The number of amides is 2. The number of nitrogens with zero attached hydrogens (tertiary/aromatic N) is 1. The summed E-state index contributed by atoms with van der Waals surface area (Å²) in [5, 5.41) is 3.41. The Hall–Kier alpha value is -2.01. The molecule has 2 rings (SSSR count). The topological polar surface area (TPSA) is 58.6 Å². The summed E-state index contributed by atoms with van der Waals surface area (Å²) in [5.74, 6) is -0.455. The molecule has 2 amide bonds. The normalized spacial score (nSPS) is 18.3. The van der Waals surface area contributed by atoms with Crippen LogP contribution < -0.4 is 5.32 Å². The van der Waals surface area contributed by atoms with Gasteiger partial charge in [0.05, 0.1) is 18.7 Å². The van der Waals surface area contributed by atoms with Crippen LogP contribution in [0.25, 0.3) is 0 Å². The third kappa shape index (κ3) is 3.09. The van der Waals surface area contributed by atoms with Gasteiger partial charge in [-0.2, -0.15) is 0 Å². The van der Waals surface area contributed by atoms with Crippen LogP contribution in [0.1, 0.15) is 31.9 Å². The fraction of sp³-hybridized carbons (Fsp3) is 0.375. The molecule has 1 aromatic rings. The highest BCUT2D eigenvalue weighted by atomic mass is 35.5. The molecule has 0 aliphatic carbocycles. The number of esters is 1. The molecular weight excluding hydrogens is 304 g/mol. The van der Waals surface area contributed by atoms with Gasteiger partial charge >= 0.3 is 12.0 Å². The summed E-state index contributed by atoms with van der Waals surface area (Å²) in [7, 11) is 1.33. The number of rotatable bonds is 4. The molecule has 1 N–H and O–H groups in total. The third-order valence-corrected chi connectivity index (χ3v) is 3.87. The molecule has 118 valence electrons. The monoisotopic (exact) mass is 322 g/mol. The second-order valence-electron chi connectivity index (χ2n) is 5.08. The molecule has 0 saturated heterocycles. The molecule has 5 nitrogen and oxygen atoms in total. The number of nitrogens with one attached hydrogen (secondary N) is 1. The first-order valence-corrected chi connectivity index (χ1v) is 7.50. The zero-order valence-corrected chi connectivity index (χ0v) is 13.6. The highest BCUT2D eigenvalue weighted by Crippen LogP contribution is 2.32. The Bertz CT molecular complexity index is 628. The molecule has 0 radical (unpaired) electrons. The van der Waals surface area contributed by atoms with Crippen LogP contribution in [0, 0.1) is 0 Å². The van der Waals surface area contributed by atoms with Crippen molar-refractivity contribution in [2.45, 2.75) is 26.3 Å². The van der Waals surface area contributed by atoms with Crippen LogP contribution in [0.4, 0.5) is 4.79 Å². The molecule has 0 bridgehead atoms. The summed E-state index contributed by atoms with van der Waals surface area (Å²) in [6.45, 7) is 4.28. The molecule has 1 aliphatic heterocycles. The molecule has 0 fully saturated rings. The van der Waals surface area contributed by atoms with Gasteiger partial charge in [0.15, 0.2) is 0 Å². The van der Waals surface area contributed by atoms with E-state index in [9.17, 15) is 9.59 Å². The Morgan fingerprint density at radius 3 is 2.77 bits per heavy atom. The fourth-order valence-electron chi connectivity index (χ4n) is 2.58. The van der Waals surface area contributed by atoms with E-state index in [4.69, 9.17) is 16.3 Å². The van der Waals surface area contributed by atoms with E-state index in [0.717, 1.165) is 12.0 Å². The van der Waals surface area contributed by atoms with E-state index in [1.54, 1.807) is 30.0 Å². The Morgan fingerprint density at radius 2 is 2.18 bits per heavy atom. The highest BCUT2D eigenvalue weighted by molar-refractivity contribution is 6.30. The average Bonchev–Trinajstić information content (AvgIpc) is 2.50. The maximum Gasteiger partial charge on any atom is 0.337 e. The van der Waals surface area contributed by atoms with Gasteiger partial charge in [-0.05, 0) is 31.0 Å². The van der Waals surface area contributed by atoms with E-state index in [2.05, 4.69) is 5.32 Å². The lowest BCUT2D eigenvalue weighted by Crippen LogP contribution is -2.48. The number of methoxy groups -OCH3 is 1. The molecule has 1 heterocycles. The maximum absolute atomic E-state index is 12.3.